The predicted molar refractivity (Wildman–Crippen MR) is 79.9 cm³/mol. The van der Waals surface area contributed by atoms with Crippen LogP contribution in [0, 0.1) is 10.1 Å². The van der Waals surface area contributed by atoms with Crippen LogP contribution in [0.4, 0.5) is 5.82 Å². The molecular weight excluding hydrogens is 300 g/mol. The highest BCUT2D eigenvalue weighted by Gasteiger charge is 2.26. The molecule has 0 N–H and O–H groups in total. The Morgan fingerprint density at radius 1 is 1.39 bits per heavy atom. The highest BCUT2D eigenvalue weighted by molar-refractivity contribution is 5.38. The zero-order chi connectivity index (χ0) is 16.2. The Morgan fingerprint density at radius 3 is 2.91 bits per heavy atom. The highest BCUT2D eigenvalue weighted by atomic mass is 16.6. The van der Waals surface area contributed by atoms with Gasteiger partial charge in [-0.25, -0.2) is 4.68 Å². The number of tetrazole rings is 1. The van der Waals surface area contributed by atoms with Gasteiger partial charge in [0, 0.05) is 0 Å². The second-order valence-corrected chi connectivity index (χ2v) is 5.62. The van der Waals surface area contributed by atoms with Crippen molar-refractivity contribution in [2.24, 2.45) is 0 Å². The van der Waals surface area contributed by atoms with E-state index >= 15 is 0 Å². The van der Waals surface area contributed by atoms with Gasteiger partial charge < -0.3 is 14.9 Å². The van der Waals surface area contributed by atoms with Crippen LogP contribution in [0.15, 0.2) is 18.3 Å². The van der Waals surface area contributed by atoms with E-state index in [9.17, 15) is 10.1 Å². The molecule has 3 rings (SSSR count). The van der Waals surface area contributed by atoms with E-state index in [1.165, 1.54) is 18.7 Å². The molecule has 122 valence electrons. The summed E-state index contributed by atoms with van der Waals surface area (Å²) in [5.41, 5.74) is 0. The number of ether oxygens (including phenoxy) is 1. The fourth-order valence-corrected chi connectivity index (χ4v) is 2.91. The maximum atomic E-state index is 11.0. The van der Waals surface area contributed by atoms with Gasteiger partial charge in [0.1, 0.15) is 6.20 Å². The monoisotopic (exact) mass is 318 g/mol. The molecule has 0 aromatic carbocycles. The van der Waals surface area contributed by atoms with Crippen LogP contribution >= 0.6 is 0 Å². The third-order valence-corrected chi connectivity index (χ3v) is 4.03. The lowest BCUT2D eigenvalue weighted by atomic mass is 9.95. The smallest absolute Gasteiger partial charge is 0.406 e. The Bertz CT molecular complexity index is 683. The maximum Gasteiger partial charge on any atom is 0.406 e. The Kier molecular flexibility index (Phi) is 4.45. The van der Waals surface area contributed by atoms with Crippen LogP contribution in [0.5, 0.6) is 5.75 Å². The lowest BCUT2D eigenvalue weighted by Gasteiger charge is -2.23. The minimum Gasteiger partial charge on any atom is -0.474 e. The van der Waals surface area contributed by atoms with Gasteiger partial charge in [0.15, 0.2) is 11.9 Å². The minimum atomic E-state index is -0.563. The van der Waals surface area contributed by atoms with Crippen LogP contribution in [0.3, 0.4) is 0 Å². The zero-order valence-corrected chi connectivity index (χ0v) is 12.8. The Labute approximate surface area is 132 Å². The van der Waals surface area contributed by atoms with Crippen LogP contribution < -0.4 is 4.74 Å². The summed E-state index contributed by atoms with van der Waals surface area (Å²) in [7, 11) is 0. The molecule has 0 spiro atoms. The van der Waals surface area contributed by atoms with Crippen LogP contribution in [0.2, 0.25) is 0 Å². The normalized spacial score (nSPS) is 16.9. The number of aromatic nitrogens is 5. The number of hydrogen-bond acceptors (Lipinski definition) is 7. The van der Waals surface area contributed by atoms with E-state index in [1.807, 2.05) is 0 Å². The lowest BCUT2D eigenvalue weighted by Crippen LogP contribution is -2.20. The zero-order valence-electron chi connectivity index (χ0n) is 12.8. The fraction of sp³-hybridized carbons (Fsp3) is 0.571. The summed E-state index contributed by atoms with van der Waals surface area (Å²) in [4.78, 5) is 14.2. The topological polar surface area (TPSA) is 109 Å². The SMILES string of the molecule is CC(Oc1cccnc1[N+](=O)[O-])c1nnnn1C1CCCCC1. The predicted octanol–water partition coefficient (Wildman–Crippen LogP) is 2.62. The number of nitrogens with zero attached hydrogens (tertiary/aromatic N) is 6. The van der Waals surface area contributed by atoms with Gasteiger partial charge in [-0.3, -0.25) is 0 Å². The Morgan fingerprint density at radius 2 is 2.17 bits per heavy atom. The molecule has 9 nitrogen and oxygen atoms in total. The second kappa shape index (κ2) is 6.67. The van der Waals surface area contributed by atoms with Crippen LogP contribution in [0.1, 0.15) is 57.0 Å². The second-order valence-electron chi connectivity index (χ2n) is 5.62. The molecule has 0 amide bonds. The van der Waals surface area contributed by atoms with Crippen LogP contribution in [-0.2, 0) is 0 Å². The van der Waals surface area contributed by atoms with E-state index < -0.39 is 11.0 Å². The summed E-state index contributed by atoms with van der Waals surface area (Å²) in [6.45, 7) is 1.78. The van der Waals surface area contributed by atoms with Gasteiger partial charge in [-0.2, -0.15) is 0 Å². The molecule has 1 atom stereocenters. The average molecular weight is 318 g/mol. The van der Waals surface area contributed by atoms with Crippen molar-refractivity contribution in [3.05, 3.63) is 34.3 Å². The summed E-state index contributed by atoms with van der Waals surface area (Å²) in [5.74, 6) is 0.384. The Hall–Kier alpha value is -2.58. The quantitative estimate of drug-likeness (QED) is 0.615. The van der Waals surface area contributed by atoms with E-state index in [2.05, 4.69) is 20.5 Å². The largest absolute Gasteiger partial charge is 0.474 e. The molecule has 0 saturated heterocycles. The van der Waals surface area contributed by atoms with Crippen LogP contribution in [-0.4, -0.2) is 30.1 Å². The van der Waals surface area contributed by atoms with Gasteiger partial charge in [0.2, 0.25) is 5.75 Å². The van der Waals surface area contributed by atoms with Gasteiger partial charge in [0.25, 0.3) is 0 Å². The Balaban J connectivity index is 1.80. The molecule has 0 bridgehead atoms. The first-order valence-corrected chi connectivity index (χ1v) is 7.70. The first kappa shape index (κ1) is 15.3. The molecule has 0 aliphatic heterocycles. The molecule has 1 saturated carbocycles. The standard InChI is InChI=1S/C14H18N6O3/c1-10(23-12-8-5-9-15-14(12)20(21)22)13-16-17-18-19(13)11-6-3-2-4-7-11/h5,8-11H,2-4,6-7H2,1H3. The number of rotatable bonds is 5. The van der Waals surface area contributed by atoms with Crippen molar-refractivity contribution in [2.45, 2.75) is 51.2 Å². The average Bonchev–Trinajstić information content (AvgIpc) is 3.05. The van der Waals surface area contributed by atoms with Crippen molar-refractivity contribution in [1.29, 1.82) is 0 Å². The fourth-order valence-electron chi connectivity index (χ4n) is 2.91. The molecule has 9 heteroatoms. The summed E-state index contributed by atoms with van der Waals surface area (Å²) >= 11 is 0. The summed E-state index contributed by atoms with van der Waals surface area (Å²) in [6, 6.07) is 3.39. The van der Waals surface area contributed by atoms with E-state index in [1.54, 1.807) is 17.7 Å². The van der Waals surface area contributed by atoms with E-state index in [4.69, 9.17) is 4.74 Å². The van der Waals surface area contributed by atoms with Crippen molar-refractivity contribution in [2.75, 3.05) is 0 Å². The number of pyridine rings is 1. The van der Waals surface area contributed by atoms with Gasteiger partial charge in [-0.05, 0) is 52.2 Å². The molecule has 2 aromatic rings. The van der Waals surface area contributed by atoms with Gasteiger partial charge in [0.05, 0.1) is 6.04 Å². The van der Waals surface area contributed by atoms with Gasteiger partial charge in [-0.1, -0.05) is 19.3 Å². The van der Waals surface area contributed by atoms with E-state index in [0.29, 0.717) is 5.82 Å². The van der Waals surface area contributed by atoms with Crippen molar-refractivity contribution in [1.82, 2.24) is 25.2 Å². The van der Waals surface area contributed by atoms with E-state index in [0.717, 1.165) is 25.7 Å². The van der Waals surface area contributed by atoms with Crippen molar-refractivity contribution < 1.29 is 9.66 Å². The first-order chi connectivity index (χ1) is 11.2. The molecule has 0 radical (unpaired) electrons. The van der Waals surface area contributed by atoms with Crippen molar-refractivity contribution in [3.63, 3.8) is 0 Å². The number of hydrogen-bond donors (Lipinski definition) is 0. The highest BCUT2D eigenvalue weighted by Crippen LogP contribution is 2.31. The third-order valence-electron chi connectivity index (χ3n) is 4.03. The molecule has 1 aliphatic rings. The molecule has 1 aliphatic carbocycles. The summed E-state index contributed by atoms with van der Waals surface area (Å²) in [5, 5.41) is 22.9. The van der Waals surface area contributed by atoms with Gasteiger partial charge in [-0.15, -0.1) is 5.10 Å². The molecular formula is C14H18N6O3. The summed E-state index contributed by atoms with van der Waals surface area (Å²) < 4.78 is 7.51. The van der Waals surface area contributed by atoms with Crippen LogP contribution in [0.25, 0.3) is 0 Å². The van der Waals surface area contributed by atoms with Crippen molar-refractivity contribution in [3.8, 4) is 5.75 Å². The maximum absolute atomic E-state index is 11.0. The number of nitro groups is 1. The molecule has 2 heterocycles. The van der Waals surface area contributed by atoms with E-state index in [-0.39, 0.29) is 17.6 Å². The molecule has 1 unspecified atom stereocenters. The molecule has 23 heavy (non-hydrogen) atoms. The lowest BCUT2D eigenvalue weighted by molar-refractivity contribution is -0.390. The van der Waals surface area contributed by atoms with Crippen molar-refractivity contribution >= 4 is 5.82 Å². The molecule has 2 aromatic heterocycles. The minimum absolute atomic E-state index is 0.114. The third kappa shape index (κ3) is 3.27. The summed E-state index contributed by atoms with van der Waals surface area (Å²) in [6.07, 6.45) is 6.50. The van der Waals surface area contributed by atoms with Gasteiger partial charge >= 0.3 is 5.82 Å². The molecule has 1 fully saturated rings. The first-order valence-electron chi connectivity index (χ1n) is 7.70.